The standard InChI is InChI=1S/C18H16O3S2/c1-10(11(2)22)18(20)21-14-7-8-16-13(17(14)19)9-12-5-3-4-6-15(12)23-16/h3-8,11,14,22H,1,9H2,2H3. The summed E-state index contributed by atoms with van der Waals surface area (Å²) >= 11 is 5.74. The number of hydrogen-bond donors (Lipinski definition) is 1. The minimum Gasteiger partial charge on any atom is -0.446 e. The van der Waals surface area contributed by atoms with Gasteiger partial charge in [-0.05, 0) is 30.7 Å². The highest BCUT2D eigenvalue weighted by molar-refractivity contribution is 8.03. The molecule has 5 heteroatoms. The second-order valence-electron chi connectivity index (χ2n) is 5.48. The lowest BCUT2D eigenvalue weighted by Crippen LogP contribution is -2.32. The van der Waals surface area contributed by atoms with Gasteiger partial charge >= 0.3 is 5.97 Å². The van der Waals surface area contributed by atoms with E-state index >= 15 is 0 Å². The summed E-state index contributed by atoms with van der Waals surface area (Å²) in [5.41, 5.74) is 2.08. The van der Waals surface area contributed by atoms with Gasteiger partial charge in [0.05, 0.1) is 0 Å². The largest absolute Gasteiger partial charge is 0.446 e. The second kappa shape index (κ2) is 6.42. The van der Waals surface area contributed by atoms with E-state index in [1.807, 2.05) is 30.3 Å². The van der Waals surface area contributed by atoms with Crippen molar-refractivity contribution in [1.82, 2.24) is 0 Å². The molecule has 0 radical (unpaired) electrons. The van der Waals surface area contributed by atoms with Crippen LogP contribution in [0.4, 0.5) is 0 Å². The molecule has 1 aliphatic carbocycles. The normalized spacial score (nSPS) is 20.6. The van der Waals surface area contributed by atoms with E-state index in [0.717, 1.165) is 15.4 Å². The number of thiol groups is 1. The number of benzene rings is 1. The Morgan fingerprint density at radius 3 is 2.91 bits per heavy atom. The van der Waals surface area contributed by atoms with Crippen LogP contribution >= 0.6 is 24.4 Å². The number of thioether (sulfide) groups is 1. The molecule has 0 bridgehead atoms. The molecule has 118 valence electrons. The summed E-state index contributed by atoms with van der Waals surface area (Å²) in [7, 11) is 0. The molecule has 0 amide bonds. The number of rotatable bonds is 3. The third-order valence-electron chi connectivity index (χ3n) is 3.84. The number of carbonyl (C=O) groups is 2. The number of Topliss-reactive ketones (excluding diaryl/α,β-unsaturated/α-hetero) is 1. The lowest BCUT2D eigenvalue weighted by atomic mass is 9.94. The Morgan fingerprint density at radius 2 is 2.17 bits per heavy atom. The van der Waals surface area contributed by atoms with E-state index in [4.69, 9.17) is 4.74 Å². The maximum atomic E-state index is 12.6. The maximum Gasteiger partial charge on any atom is 0.335 e. The van der Waals surface area contributed by atoms with Gasteiger partial charge in [-0.2, -0.15) is 12.6 Å². The summed E-state index contributed by atoms with van der Waals surface area (Å²) in [5, 5.41) is -0.308. The third kappa shape index (κ3) is 3.16. The highest BCUT2D eigenvalue weighted by atomic mass is 32.2. The quantitative estimate of drug-likeness (QED) is 0.518. The first-order valence-corrected chi connectivity index (χ1v) is 8.60. The Kier molecular flexibility index (Phi) is 4.50. The Balaban J connectivity index is 1.78. The number of hydrogen-bond acceptors (Lipinski definition) is 5. The molecule has 2 aliphatic rings. The van der Waals surface area contributed by atoms with E-state index in [1.165, 1.54) is 0 Å². The molecule has 3 rings (SSSR count). The first kappa shape index (κ1) is 16.1. The molecular weight excluding hydrogens is 328 g/mol. The van der Waals surface area contributed by atoms with Crippen LogP contribution < -0.4 is 0 Å². The summed E-state index contributed by atoms with van der Waals surface area (Å²) in [6.45, 7) is 5.39. The fourth-order valence-corrected chi connectivity index (χ4v) is 3.64. The number of esters is 1. The zero-order valence-electron chi connectivity index (χ0n) is 12.6. The van der Waals surface area contributed by atoms with E-state index in [1.54, 1.807) is 24.8 Å². The van der Waals surface area contributed by atoms with Crippen molar-refractivity contribution in [3.05, 3.63) is 64.6 Å². The minimum atomic E-state index is -0.879. The summed E-state index contributed by atoms with van der Waals surface area (Å²) in [4.78, 5) is 26.7. The lowest BCUT2D eigenvalue weighted by molar-refractivity contribution is -0.147. The molecule has 1 heterocycles. The molecule has 0 spiro atoms. The average Bonchev–Trinajstić information content (AvgIpc) is 2.55. The molecule has 2 unspecified atom stereocenters. The van der Waals surface area contributed by atoms with Crippen LogP contribution in [-0.4, -0.2) is 23.1 Å². The number of ether oxygens (including phenoxy) is 1. The van der Waals surface area contributed by atoms with Gasteiger partial charge < -0.3 is 4.74 Å². The monoisotopic (exact) mass is 344 g/mol. The van der Waals surface area contributed by atoms with Gasteiger partial charge in [-0.3, -0.25) is 4.79 Å². The maximum absolute atomic E-state index is 12.6. The van der Waals surface area contributed by atoms with E-state index in [0.29, 0.717) is 12.0 Å². The fourth-order valence-electron chi connectivity index (χ4n) is 2.44. The fraction of sp³-hybridized carbons (Fsp3) is 0.222. The molecule has 0 aromatic heterocycles. The smallest absolute Gasteiger partial charge is 0.335 e. The molecule has 23 heavy (non-hydrogen) atoms. The number of ketones is 1. The Bertz CT molecular complexity index is 759. The molecule has 1 aliphatic heterocycles. The average molecular weight is 344 g/mol. The SMILES string of the molecule is C=C(C(=O)OC1C=CC2=C(Cc3ccccc3S2)C1=O)C(C)S. The van der Waals surface area contributed by atoms with Crippen LogP contribution in [0.5, 0.6) is 0 Å². The van der Waals surface area contributed by atoms with Crippen molar-refractivity contribution in [2.45, 2.75) is 29.6 Å². The van der Waals surface area contributed by atoms with Crippen molar-refractivity contribution in [3.63, 3.8) is 0 Å². The zero-order chi connectivity index (χ0) is 16.6. The van der Waals surface area contributed by atoms with Crippen LogP contribution in [0.2, 0.25) is 0 Å². The molecule has 0 fully saturated rings. The van der Waals surface area contributed by atoms with Crippen molar-refractivity contribution in [2.75, 3.05) is 0 Å². The van der Waals surface area contributed by atoms with Crippen LogP contribution in [0, 0.1) is 0 Å². The number of carbonyl (C=O) groups excluding carboxylic acids is 2. The third-order valence-corrected chi connectivity index (χ3v) is 5.37. The Labute approximate surface area is 144 Å². The van der Waals surface area contributed by atoms with Crippen LogP contribution in [0.1, 0.15) is 12.5 Å². The van der Waals surface area contributed by atoms with E-state index < -0.39 is 12.1 Å². The van der Waals surface area contributed by atoms with E-state index in [9.17, 15) is 9.59 Å². The van der Waals surface area contributed by atoms with Crippen molar-refractivity contribution in [3.8, 4) is 0 Å². The predicted molar refractivity (Wildman–Crippen MR) is 94.6 cm³/mol. The molecule has 0 saturated carbocycles. The van der Waals surface area contributed by atoms with Crippen molar-refractivity contribution in [1.29, 1.82) is 0 Å². The van der Waals surface area contributed by atoms with Gasteiger partial charge in [0.25, 0.3) is 0 Å². The van der Waals surface area contributed by atoms with Gasteiger partial charge in [0.2, 0.25) is 5.78 Å². The highest BCUT2D eigenvalue weighted by Gasteiger charge is 2.32. The topological polar surface area (TPSA) is 43.4 Å². The van der Waals surface area contributed by atoms with Gasteiger partial charge in [-0.15, -0.1) is 0 Å². The molecule has 2 atom stereocenters. The van der Waals surface area contributed by atoms with Crippen molar-refractivity contribution in [2.24, 2.45) is 0 Å². The first-order chi connectivity index (χ1) is 11.0. The van der Waals surface area contributed by atoms with Gasteiger partial charge in [0.1, 0.15) is 0 Å². The summed E-state index contributed by atoms with van der Waals surface area (Å²) in [5.74, 6) is -0.735. The molecule has 1 aromatic rings. The number of allylic oxidation sites excluding steroid dienone is 1. The van der Waals surface area contributed by atoms with Crippen LogP contribution in [0.25, 0.3) is 0 Å². The summed E-state index contributed by atoms with van der Waals surface area (Å²) in [6.07, 6.45) is 3.19. The van der Waals surface area contributed by atoms with Gasteiger partial charge in [-0.1, -0.05) is 36.5 Å². The molecule has 3 nitrogen and oxygen atoms in total. The van der Waals surface area contributed by atoms with Gasteiger partial charge in [-0.25, -0.2) is 4.79 Å². The lowest BCUT2D eigenvalue weighted by Gasteiger charge is -2.26. The first-order valence-electron chi connectivity index (χ1n) is 7.26. The van der Waals surface area contributed by atoms with Gasteiger partial charge in [0.15, 0.2) is 6.10 Å². The second-order valence-corrected chi connectivity index (χ2v) is 7.34. The Morgan fingerprint density at radius 1 is 1.43 bits per heavy atom. The van der Waals surface area contributed by atoms with E-state index in [-0.39, 0.29) is 16.6 Å². The summed E-state index contributed by atoms with van der Waals surface area (Å²) < 4.78 is 5.30. The van der Waals surface area contributed by atoms with Crippen LogP contribution in [0.15, 0.2) is 63.9 Å². The highest BCUT2D eigenvalue weighted by Crippen LogP contribution is 2.41. The van der Waals surface area contributed by atoms with Crippen LogP contribution in [-0.2, 0) is 20.7 Å². The Hall–Kier alpha value is -1.72. The zero-order valence-corrected chi connectivity index (χ0v) is 14.3. The summed E-state index contributed by atoms with van der Waals surface area (Å²) in [6, 6.07) is 8.01. The molecular formula is C18H16O3S2. The molecule has 0 N–H and O–H groups in total. The molecule has 0 saturated heterocycles. The predicted octanol–water partition coefficient (Wildman–Crippen LogP) is 3.51. The van der Waals surface area contributed by atoms with E-state index in [2.05, 4.69) is 19.2 Å². The minimum absolute atomic E-state index is 0.155. The van der Waals surface area contributed by atoms with Crippen molar-refractivity contribution >= 4 is 36.1 Å². The van der Waals surface area contributed by atoms with Crippen molar-refractivity contribution < 1.29 is 14.3 Å². The number of fused-ring (bicyclic) bond motifs is 1. The van der Waals surface area contributed by atoms with Crippen LogP contribution in [0.3, 0.4) is 0 Å². The van der Waals surface area contributed by atoms with Gasteiger partial charge in [0, 0.05) is 32.6 Å². The molecule has 1 aromatic carbocycles.